The number of carbonyl (C=O) groups is 2. The highest BCUT2D eigenvalue weighted by Crippen LogP contribution is 2.58. The summed E-state index contributed by atoms with van der Waals surface area (Å²) >= 11 is 0. The molecule has 2 saturated carbocycles. The number of rotatable bonds is 5. The Balaban J connectivity index is 1.05. The monoisotopic (exact) mass is 600 g/mol. The second kappa shape index (κ2) is 11.3. The predicted molar refractivity (Wildman–Crippen MR) is 167 cm³/mol. The molecule has 5 aliphatic rings. The quantitative estimate of drug-likeness (QED) is 0.489. The van der Waals surface area contributed by atoms with E-state index in [0.29, 0.717) is 44.6 Å². The van der Waals surface area contributed by atoms with Crippen molar-refractivity contribution in [2.75, 3.05) is 32.7 Å². The lowest BCUT2D eigenvalue weighted by Gasteiger charge is -2.45. The summed E-state index contributed by atoms with van der Waals surface area (Å²) in [6.45, 7) is 7.99. The number of aliphatic hydroxyl groups is 2. The van der Waals surface area contributed by atoms with Crippen molar-refractivity contribution < 1.29 is 24.5 Å². The molecule has 44 heavy (non-hydrogen) atoms. The molecule has 0 radical (unpaired) electrons. The normalized spacial score (nSPS) is 37.2. The van der Waals surface area contributed by atoms with Crippen LogP contribution in [0.15, 0.2) is 60.7 Å². The third kappa shape index (κ3) is 4.95. The van der Waals surface area contributed by atoms with Gasteiger partial charge < -0.3 is 19.8 Å². The number of esters is 1. The number of nitrogens with zero attached hydrogens (tertiary/aromatic N) is 2. The van der Waals surface area contributed by atoms with Gasteiger partial charge in [0.25, 0.3) is 0 Å². The minimum Gasteiger partial charge on any atom is -0.461 e. The Hall–Kier alpha value is -2.58. The van der Waals surface area contributed by atoms with Crippen LogP contribution in [0.1, 0.15) is 69.9 Å². The van der Waals surface area contributed by atoms with Gasteiger partial charge in [0.05, 0.1) is 22.5 Å². The lowest BCUT2D eigenvalue weighted by Crippen LogP contribution is -2.52. The van der Waals surface area contributed by atoms with Gasteiger partial charge in [0.1, 0.15) is 11.9 Å². The Kier molecular flexibility index (Phi) is 7.76. The van der Waals surface area contributed by atoms with Crippen LogP contribution in [0.3, 0.4) is 0 Å². The zero-order chi connectivity index (χ0) is 30.7. The number of hydrogen-bond donors (Lipinski definition) is 2. The van der Waals surface area contributed by atoms with Gasteiger partial charge in [0.15, 0.2) is 0 Å². The van der Waals surface area contributed by atoms with E-state index in [4.69, 9.17) is 4.74 Å². The molecule has 5 fully saturated rings. The lowest BCUT2D eigenvalue weighted by atomic mass is 9.67. The van der Waals surface area contributed by atoms with Crippen molar-refractivity contribution in [1.82, 2.24) is 9.80 Å². The molecule has 3 aliphatic heterocycles. The summed E-state index contributed by atoms with van der Waals surface area (Å²) in [4.78, 5) is 32.4. The summed E-state index contributed by atoms with van der Waals surface area (Å²) < 4.78 is 6.28. The zero-order valence-corrected chi connectivity index (χ0v) is 26.2. The molecule has 3 saturated heterocycles. The maximum atomic E-state index is 14.1. The van der Waals surface area contributed by atoms with Crippen LogP contribution in [0, 0.1) is 29.1 Å². The summed E-state index contributed by atoms with van der Waals surface area (Å²) in [5, 5.41) is 22.8. The minimum absolute atomic E-state index is 0.0297. The van der Waals surface area contributed by atoms with E-state index in [0.717, 1.165) is 50.1 Å². The van der Waals surface area contributed by atoms with Crippen LogP contribution in [-0.2, 0) is 25.5 Å². The SMILES string of the molecule is C[C@H]1CC[C@H]2C(CN3CCC(O)(c4ccccc4)CC3)C(=O)O[C@H]2[C@]2(C)C(=O)CC(N3CCC(O)(c4ccccc4)CC3)[C@@H]12. The van der Waals surface area contributed by atoms with E-state index in [9.17, 15) is 19.8 Å². The highest BCUT2D eigenvalue weighted by Gasteiger charge is 2.66. The highest BCUT2D eigenvalue weighted by molar-refractivity contribution is 5.90. The van der Waals surface area contributed by atoms with Gasteiger partial charge in [-0.15, -0.1) is 0 Å². The number of hydrogen-bond acceptors (Lipinski definition) is 7. The third-order valence-electron chi connectivity index (χ3n) is 12.6. The summed E-state index contributed by atoms with van der Waals surface area (Å²) in [6.07, 6.45) is 4.56. The largest absolute Gasteiger partial charge is 0.461 e. The smallest absolute Gasteiger partial charge is 0.310 e. The highest BCUT2D eigenvalue weighted by atomic mass is 16.6. The van der Waals surface area contributed by atoms with E-state index in [1.165, 1.54) is 0 Å². The molecule has 0 amide bonds. The Labute approximate surface area is 261 Å². The van der Waals surface area contributed by atoms with Crippen LogP contribution in [0.5, 0.6) is 0 Å². The summed E-state index contributed by atoms with van der Waals surface area (Å²) in [7, 11) is 0. The molecule has 2 aromatic rings. The molecule has 7 rings (SSSR count). The van der Waals surface area contributed by atoms with Crippen LogP contribution in [0.2, 0.25) is 0 Å². The number of carbonyl (C=O) groups excluding carboxylic acids is 2. The molecule has 2 N–H and O–H groups in total. The number of benzene rings is 2. The van der Waals surface area contributed by atoms with E-state index in [-0.39, 0.29) is 41.7 Å². The first-order valence-corrected chi connectivity index (χ1v) is 16.9. The molecule has 2 aliphatic carbocycles. The number of Topliss-reactive ketones (excluding diaryl/α,β-unsaturated/α-hetero) is 1. The molecule has 0 aromatic heterocycles. The van der Waals surface area contributed by atoms with Gasteiger partial charge in [-0.2, -0.15) is 0 Å². The Morgan fingerprint density at radius 3 is 1.93 bits per heavy atom. The third-order valence-corrected chi connectivity index (χ3v) is 12.6. The molecule has 7 heteroatoms. The average molecular weight is 601 g/mol. The predicted octanol–water partition coefficient (Wildman–Crippen LogP) is 4.51. The van der Waals surface area contributed by atoms with Gasteiger partial charge >= 0.3 is 5.97 Å². The number of ketones is 1. The maximum absolute atomic E-state index is 14.1. The van der Waals surface area contributed by atoms with Crippen molar-refractivity contribution in [3.8, 4) is 0 Å². The van der Waals surface area contributed by atoms with Gasteiger partial charge in [0.2, 0.25) is 0 Å². The summed E-state index contributed by atoms with van der Waals surface area (Å²) in [5.74, 6) is 0.332. The Morgan fingerprint density at radius 1 is 0.818 bits per heavy atom. The van der Waals surface area contributed by atoms with Crippen molar-refractivity contribution in [2.24, 2.45) is 29.1 Å². The van der Waals surface area contributed by atoms with Crippen LogP contribution < -0.4 is 0 Å². The van der Waals surface area contributed by atoms with E-state index in [2.05, 4.69) is 23.6 Å². The first kappa shape index (κ1) is 30.1. The van der Waals surface area contributed by atoms with Crippen LogP contribution in [-0.4, -0.2) is 76.6 Å². The second-order valence-electron chi connectivity index (χ2n) is 14.8. The van der Waals surface area contributed by atoms with Crippen molar-refractivity contribution in [1.29, 1.82) is 0 Å². The molecule has 0 bridgehead atoms. The summed E-state index contributed by atoms with van der Waals surface area (Å²) in [6, 6.07) is 20.0. The van der Waals surface area contributed by atoms with Crippen LogP contribution >= 0.6 is 0 Å². The van der Waals surface area contributed by atoms with Crippen LogP contribution in [0.25, 0.3) is 0 Å². The molecule has 236 valence electrons. The van der Waals surface area contributed by atoms with Crippen molar-refractivity contribution >= 4 is 11.8 Å². The topological polar surface area (TPSA) is 90.3 Å². The van der Waals surface area contributed by atoms with Gasteiger partial charge in [0, 0.05) is 51.1 Å². The van der Waals surface area contributed by atoms with E-state index in [1.54, 1.807) is 0 Å². The first-order valence-electron chi connectivity index (χ1n) is 16.9. The molecule has 2 unspecified atom stereocenters. The molecule has 7 nitrogen and oxygen atoms in total. The summed E-state index contributed by atoms with van der Waals surface area (Å²) in [5.41, 5.74) is -0.419. The minimum atomic E-state index is -0.830. The molecule has 3 heterocycles. The van der Waals surface area contributed by atoms with E-state index in [1.807, 2.05) is 60.7 Å². The number of ether oxygens (including phenoxy) is 1. The molecule has 7 atom stereocenters. The van der Waals surface area contributed by atoms with Gasteiger partial charge in [-0.05, 0) is 68.4 Å². The second-order valence-corrected chi connectivity index (χ2v) is 14.8. The van der Waals surface area contributed by atoms with Gasteiger partial charge in [-0.25, -0.2) is 0 Å². The molecule has 2 aromatic carbocycles. The van der Waals surface area contributed by atoms with Crippen molar-refractivity contribution in [3.63, 3.8) is 0 Å². The maximum Gasteiger partial charge on any atom is 0.310 e. The standard InChI is InChI=1S/C37H48N2O5/c1-25-13-14-28-29(24-38-19-15-36(42,16-20-38)26-9-5-3-6-10-26)34(41)44-33(28)35(2)31(40)23-30(32(25)35)39-21-17-37(43,18-22-39)27-11-7-4-8-12-27/h3-12,25,28-30,32-33,42-43H,13-24H2,1-2H3/t25-,28-,29?,30?,32+,33+,35+/m0/s1. The van der Waals surface area contributed by atoms with E-state index >= 15 is 0 Å². The van der Waals surface area contributed by atoms with Gasteiger partial charge in [-0.1, -0.05) is 67.6 Å². The molecule has 0 spiro atoms. The zero-order valence-electron chi connectivity index (χ0n) is 26.2. The fourth-order valence-electron chi connectivity index (χ4n) is 9.93. The number of piperidine rings is 2. The fourth-order valence-corrected chi connectivity index (χ4v) is 9.93. The number of likely N-dealkylation sites (tertiary alicyclic amines) is 2. The van der Waals surface area contributed by atoms with E-state index < -0.39 is 16.6 Å². The average Bonchev–Trinajstić information content (AvgIpc) is 3.47. The molecular formula is C37H48N2O5. The van der Waals surface area contributed by atoms with Crippen molar-refractivity contribution in [2.45, 2.75) is 82.1 Å². The number of fused-ring (bicyclic) bond motifs is 3. The fraction of sp³-hybridized carbons (Fsp3) is 0.622. The Bertz CT molecular complexity index is 1350. The lowest BCUT2D eigenvalue weighted by molar-refractivity contribution is -0.154. The van der Waals surface area contributed by atoms with Crippen LogP contribution in [0.4, 0.5) is 0 Å². The molecular weight excluding hydrogens is 552 g/mol. The van der Waals surface area contributed by atoms with Crippen molar-refractivity contribution in [3.05, 3.63) is 71.8 Å². The Morgan fingerprint density at radius 2 is 1.36 bits per heavy atom. The van der Waals surface area contributed by atoms with Gasteiger partial charge in [-0.3, -0.25) is 14.5 Å². The first-order chi connectivity index (χ1) is 21.1.